The number of carbonyl (C=O) groups excluding carboxylic acids is 1. The summed E-state index contributed by atoms with van der Waals surface area (Å²) in [5.41, 5.74) is 0.926. The highest BCUT2D eigenvalue weighted by Crippen LogP contribution is 2.21. The molecule has 1 aromatic carbocycles. The van der Waals surface area contributed by atoms with Gasteiger partial charge in [-0.25, -0.2) is 4.39 Å². The van der Waals surface area contributed by atoms with Crippen LogP contribution in [0.4, 0.5) is 4.39 Å². The molecule has 3 rings (SSSR count). The normalized spacial score (nSPS) is 22.3. The van der Waals surface area contributed by atoms with E-state index in [0.29, 0.717) is 17.7 Å². The number of nitrogens with zero attached hydrogens (tertiary/aromatic N) is 2. The van der Waals surface area contributed by atoms with E-state index in [0.717, 1.165) is 25.9 Å². The highest BCUT2D eigenvalue weighted by atomic mass is 19.1. The summed E-state index contributed by atoms with van der Waals surface area (Å²) in [4.78, 5) is 19.1. The molecule has 2 heterocycles. The van der Waals surface area contributed by atoms with Gasteiger partial charge in [0.05, 0.1) is 5.71 Å². The Hall–Kier alpha value is -1.91. The summed E-state index contributed by atoms with van der Waals surface area (Å²) in [5.74, 6) is -0.369. The molecule has 1 amide bonds. The molecule has 0 N–H and O–H groups in total. The summed E-state index contributed by atoms with van der Waals surface area (Å²) in [6.45, 7) is 1.57. The molecule has 4 nitrogen and oxygen atoms in total. The van der Waals surface area contributed by atoms with Crippen LogP contribution in [0.5, 0.6) is 0 Å². The first-order valence-corrected chi connectivity index (χ1v) is 6.52. The molecule has 1 unspecified atom stereocenters. The third-order valence-electron chi connectivity index (χ3n) is 3.55. The zero-order valence-electron chi connectivity index (χ0n) is 10.5. The van der Waals surface area contributed by atoms with Crippen molar-refractivity contribution in [3.05, 3.63) is 35.6 Å². The van der Waals surface area contributed by atoms with Crippen LogP contribution < -0.4 is 0 Å². The summed E-state index contributed by atoms with van der Waals surface area (Å²) in [7, 11) is 0. The van der Waals surface area contributed by atoms with Gasteiger partial charge in [0, 0.05) is 25.1 Å². The fourth-order valence-electron chi connectivity index (χ4n) is 2.51. The number of hydrogen-bond donors (Lipinski definition) is 0. The van der Waals surface area contributed by atoms with Gasteiger partial charge in [0.25, 0.3) is 5.91 Å². The van der Waals surface area contributed by atoms with Crippen LogP contribution >= 0.6 is 0 Å². The quantitative estimate of drug-likeness (QED) is 0.817. The molecule has 19 heavy (non-hydrogen) atoms. The van der Waals surface area contributed by atoms with E-state index >= 15 is 0 Å². The average molecular weight is 262 g/mol. The topological polar surface area (TPSA) is 41.9 Å². The summed E-state index contributed by atoms with van der Waals surface area (Å²) >= 11 is 0. The maximum atomic E-state index is 13.6. The van der Waals surface area contributed by atoms with Gasteiger partial charge in [-0.15, -0.1) is 0 Å². The summed E-state index contributed by atoms with van der Waals surface area (Å²) < 4.78 is 13.6. The summed E-state index contributed by atoms with van der Waals surface area (Å²) in [6.07, 6.45) is 1.84. The molecule has 1 saturated heterocycles. The Morgan fingerprint density at radius 2 is 2.05 bits per heavy atom. The number of rotatable bonds is 2. The standard InChI is InChI=1S/C14H15FN2O2/c15-11-6-2-1-5-10(11)12-9-13(19-16-12)14(18)17-7-3-4-8-17/h1-2,5-6,13H,3-4,7-9H2. The molecule has 0 saturated carbocycles. The molecule has 0 aromatic heterocycles. The van der Waals surface area contributed by atoms with E-state index in [9.17, 15) is 9.18 Å². The van der Waals surface area contributed by atoms with Crippen molar-refractivity contribution in [1.29, 1.82) is 0 Å². The van der Waals surface area contributed by atoms with E-state index in [1.54, 1.807) is 23.1 Å². The number of halogens is 1. The van der Waals surface area contributed by atoms with Gasteiger partial charge in [-0.3, -0.25) is 4.79 Å². The van der Waals surface area contributed by atoms with Crippen LogP contribution in [0.25, 0.3) is 0 Å². The van der Waals surface area contributed by atoms with E-state index in [4.69, 9.17) is 4.84 Å². The first kappa shape index (κ1) is 12.1. The summed E-state index contributed by atoms with van der Waals surface area (Å²) in [5, 5.41) is 3.87. The molecule has 1 aromatic rings. The van der Waals surface area contributed by atoms with E-state index in [2.05, 4.69) is 5.16 Å². The minimum Gasteiger partial charge on any atom is -0.382 e. The van der Waals surface area contributed by atoms with Crippen LogP contribution in [0, 0.1) is 5.82 Å². The van der Waals surface area contributed by atoms with Gasteiger partial charge in [0.2, 0.25) is 6.10 Å². The maximum Gasteiger partial charge on any atom is 0.266 e. The third kappa shape index (κ3) is 2.32. The lowest BCUT2D eigenvalue weighted by Crippen LogP contribution is -2.37. The number of amides is 1. The Labute approximate surface area is 110 Å². The van der Waals surface area contributed by atoms with Gasteiger partial charge in [-0.2, -0.15) is 0 Å². The van der Waals surface area contributed by atoms with Crippen molar-refractivity contribution in [3.8, 4) is 0 Å². The second-order valence-corrected chi connectivity index (χ2v) is 4.85. The smallest absolute Gasteiger partial charge is 0.266 e. The minimum atomic E-state index is -0.590. The van der Waals surface area contributed by atoms with Gasteiger partial charge in [0.1, 0.15) is 5.82 Å². The molecular formula is C14H15FN2O2. The van der Waals surface area contributed by atoms with Crippen molar-refractivity contribution in [2.45, 2.75) is 25.4 Å². The SMILES string of the molecule is O=C(C1CC(c2ccccc2F)=NO1)N1CCCC1. The second kappa shape index (κ2) is 4.99. The zero-order chi connectivity index (χ0) is 13.2. The Kier molecular flexibility index (Phi) is 3.19. The largest absolute Gasteiger partial charge is 0.382 e. The monoisotopic (exact) mass is 262 g/mol. The molecule has 2 aliphatic rings. The van der Waals surface area contributed by atoms with Crippen molar-refractivity contribution >= 4 is 11.6 Å². The lowest BCUT2D eigenvalue weighted by molar-refractivity contribution is -0.140. The van der Waals surface area contributed by atoms with E-state index in [-0.39, 0.29) is 11.7 Å². The van der Waals surface area contributed by atoms with E-state index in [1.165, 1.54) is 6.07 Å². The van der Waals surface area contributed by atoms with Crippen molar-refractivity contribution in [3.63, 3.8) is 0 Å². The highest BCUT2D eigenvalue weighted by molar-refractivity contribution is 6.04. The van der Waals surface area contributed by atoms with Crippen LogP contribution in [-0.4, -0.2) is 35.7 Å². The number of hydrogen-bond acceptors (Lipinski definition) is 3. The predicted octanol–water partition coefficient (Wildman–Crippen LogP) is 1.94. The van der Waals surface area contributed by atoms with Crippen LogP contribution in [0.15, 0.2) is 29.4 Å². The van der Waals surface area contributed by atoms with Crippen molar-refractivity contribution in [2.75, 3.05) is 13.1 Å². The fourth-order valence-corrected chi connectivity index (χ4v) is 2.51. The molecule has 1 fully saturated rings. The van der Waals surface area contributed by atoms with Gasteiger partial charge in [0.15, 0.2) is 0 Å². The molecule has 2 aliphatic heterocycles. The predicted molar refractivity (Wildman–Crippen MR) is 68.2 cm³/mol. The number of benzene rings is 1. The zero-order valence-corrected chi connectivity index (χ0v) is 10.5. The molecule has 5 heteroatoms. The van der Waals surface area contributed by atoms with Crippen LogP contribution in [0.2, 0.25) is 0 Å². The van der Waals surface area contributed by atoms with Gasteiger partial charge in [-0.1, -0.05) is 23.4 Å². The molecule has 100 valence electrons. The van der Waals surface area contributed by atoms with Crippen molar-refractivity contribution < 1.29 is 14.0 Å². The van der Waals surface area contributed by atoms with Crippen LogP contribution in [-0.2, 0) is 9.63 Å². The molecule has 0 spiro atoms. The lowest BCUT2D eigenvalue weighted by Gasteiger charge is -2.18. The Balaban J connectivity index is 1.69. The van der Waals surface area contributed by atoms with Gasteiger partial charge in [-0.05, 0) is 18.9 Å². The van der Waals surface area contributed by atoms with E-state index in [1.807, 2.05) is 0 Å². The number of likely N-dealkylation sites (tertiary alicyclic amines) is 1. The second-order valence-electron chi connectivity index (χ2n) is 4.85. The maximum absolute atomic E-state index is 13.6. The molecular weight excluding hydrogens is 247 g/mol. The lowest BCUT2D eigenvalue weighted by atomic mass is 10.0. The molecule has 1 atom stereocenters. The Bertz CT molecular complexity index is 524. The first-order valence-electron chi connectivity index (χ1n) is 6.52. The average Bonchev–Trinajstić information content (AvgIpc) is 3.10. The van der Waals surface area contributed by atoms with Gasteiger partial charge < -0.3 is 9.74 Å². The number of oxime groups is 1. The highest BCUT2D eigenvalue weighted by Gasteiger charge is 2.33. The van der Waals surface area contributed by atoms with Crippen molar-refractivity contribution in [2.24, 2.45) is 5.16 Å². The Morgan fingerprint density at radius 1 is 1.32 bits per heavy atom. The van der Waals surface area contributed by atoms with Crippen LogP contribution in [0.3, 0.4) is 0 Å². The first-order chi connectivity index (χ1) is 9.25. The number of carbonyl (C=O) groups is 1. The van der Waals surface area contributed by atoms with E-state index < -0.39 is 6.10 Å². The van der Waals surface area contributed by atoms with Crippen LogP contribution in [0.1, 0.15) is 24.8 Å². The molecule has 0 bridgehead atoms. The van der Waals surface area contributed by atoms with Gasteiger partial charge >= 0.3 is 0 Å². The fraction of sp³-hybridized carbons (Fsp3) is 0.429. The summed E-state index contributed by atoms with van der Waals surface area (Å²) in [6, 6.07) is 6.41. The minimum absolute atomic E-state index is 0.0346. The van der Waals surface area contributed by atoms with Crippen molar-refractivity contribution in [1.82, 2.24) is 4.90 Å². The third-order valence-corrected chi connectivity index (χ3v) is 3.55. The molecule has 0 aliphatic carbocycles. The molecule has 0 radical (unpaired) electrons. The Morgan fingerprint density at radius 3 is 2.79 bits per heavy atom.